The summed E-state index contributed by atoms with van der Waals surface area (Å²) in [5.74, 6) is -0.745. The summed E-state index contributed by atoms with van der Waals surface area (Å²) in [6, 6.07) is 13.5. The van der Waals surface area contributed by atoms with Gasteiger partial charge < -0.3 is 4.57 Å². The fourth-order valence-corrected chi connectivity index (χ4v) is 2.95. The minimum absolute atomic E-state index is 0.365. The molecule has 0 aliphatic heterocycles. The van der Waals surface area contributed by atoms with E-state index in [9.17, 15) is 9.18 Å². The van der Waals surface area contributed by atoms with Crippen molar-refractivity contribution < 1.29 is 9.18 Å². The highest BCUT2D eigenvalue weighted by Gasteiger charge is 2.11. The summed E-state index contributed by atoms with van der Waals surface area (Å²) in [6.45, 7) is 5.13. The fraction of sp³-hybridized carbons (Fsp3) is 0.200. The lowest BCUT2D eigenvalue weighted by molar-refractivity contribution is 0.0955. The number of hydrazone groups is 1. The number of aryl methyl sites for hydroxylation is 1. The zero-order valence-electron chi connectivity index (χ0n) is 14.3. The Kier molecular flexibility index (Phi) is 4.93. The van der Waals surface area contributed by atoms with E-state index in [0.717, 1.165) is 35.1 Å². The van der Waals surface area contributed by atoms with Crippen molar-refractivity contribution in [2.45, 2.75) is 26.8 Å². The lowest BCUT2D eigenvalue weighted by Crippen LogP contribution is -2.17. The molecule has 0 aliphatic rings. The SMILES string of the molecule is CCCn1c(C)c(/C=N\NC(=O)c2ccc(F)cc2)c2ccccc21. The molecule has 25 heavy (non-hydrogen) atoms. The number of rotatable bonds is 5. The van der Waals surface area contributed by atoms with Crippen molar-refractivity contribution in [3.63, 3.8) is 0 Å². The molecule has 0 unspecified atom stereocenters. The van der Waals surface area contributed by atoms with Crippen LogP contribution in [0.15, 0.2) is 53.6 Å². The summed E-state index contributed by atoms with van der Waals surface area (Å²) < 4.78 is 15.2. The Morgan fingerprint density at radius 3 is 2.64 bits per heavy atom. The fourth-order valence-electron chi connectivity index (χ4n) is 2.95. The van der Waals surface area contributed by atoms with Gasteiger partial charge in [0.25, 0.3) is 5.91 Å². The number of fused-ring (bicyclic) bond motifs is 1. The first-order valence-corrected chi connectivity index (χ1v) is 8.28. The third-order valence-corrected chi connectivity index (χ3v) is 4.19. The van der Waals surface area contributed by atoms with Crippen LogP contribution in [0.3, 0.4) is 0 Å². The monoisotopic (exact) mass is 337 g/mol. The van der Waals surface area contributed by atoms with Crippen molar-refractivity contribution >= 4 is 23.0 Å². The van der Waals surface area contributed by atoms with Gasteiger partial charge in [0, 0.05) is 34.3 Å². The Balaban J connectivity index is 1.85. The van der Waals surface area contributed by atoms with Crippen LogP contribution in [0.25, 0.3) is 10.9 Å². The van der Waals surface area contributed by atoms with E-state index in [1.165, 1.54) is 24.3 Å². The number of carbonyl (C=O) groups is 1. The lowest BCUT2D eigenvalue weighted by Gasteiger charge is -2.05. The number of nitrogens with one attached hydrogen (secondary N) is 1. The van der Waals surface area contributed by atoms with Gasteiger partial charge in [-0.3, -0.25) is 4.79 Å². The van der Waals surface area contributed by atoms with Crippen molar-refractivity contribution in [3.05, 3.63) is 71.2 Å². The van der Waals surface area contributed by atoms with Crippen LogP contribution in [-0.2, 0) is 6.54 Å². The van der Waals surface area contributed by atoms with Crippen molar-refractivity contribution in [1.29, 1.82) is 0 Å². The number of carbonyl (C=O) groups excluding carboxylic acids is 1. The van der Waals surface area contributed by atoms with Gasteiger partial charge in [0.2, 0.25) is 0 Å². The molecule has 0 atom stereocenters. The van der Waals surface area contributed by atoms with Gasteiger partial charge in [-0.2, -0.15) is 5.10 Å². The molecule has 4 nitrogen and oxygen atoms in total. The maximum Gasteiger partial charge on any atom is 0.271 e. The van der Waals surface area contributed by atoms with Crippen molar-refractivity contribution in [3.8, 4) is 0 Å². The maximum absolute atomic E-state index is 12.9. The predicted molar refractivity (Wildman–Crippen MR) is 98.4 cm³/mol. The molecule has 1 aromatic heterocycles. The number of benzene rings is 2. The average Bonchev–Trinajstić information content (AvgIpc) is 2.88. The third-order valence-electron chi connectivity index (χ3n) is 4.19. The van der Waals surface area contributed by atoms with Crippen LogP contribution in [0.1, 0.15) is 35.0 Å². The smallest absolute Gasteiger partial charge is 0.271 e. The second-order valence-electron chi connectivity index (χ2n) is 5.87. The highest BCUT2D eigenvalue weighted by atomic mass is 19.1. The second kappa shape index (κ2) is 7.30. The minimum atomic E-state index is -0.376. The molecule has 128 valence electrons. The summed E-state index contributed by atoms with van der Waals surface area (Å²) in [5.41, 5.74) is 6.13. The first-order chi connectivity index (χ1) is 12.1. The van der Waals surface area contributed by atoms with Crippen LogP contribution in [-0.4, -0.2) is 16.7 Å². The van der Waals surface area contributed by atoms with E-state index in [1.54, 1.807) is 6.21 Å². The zero-order valence-corrected chi connectivity index (χ0v) is 14.3. The molecule has 0 aliphatic carbocycles. The van der Waals surface area contributed by atoms with Crippen molar-refractivity contribution in [2.75, 3.05) is 0 Å². The summed E-state index contributed by atoms with van der Waals surface area (Å²) in [7, 11) is 0. The normalized spacial score (nSPS) is 11.3. The number of halogens is 1. The van der Waals surface area contributed by atoms with E-state index in [2.05, 4.69) is 41.1 Å². The molecular weight excluding hydrogens is 317 g/mol. The zero-order chi connectivity index (χ0) is 17.8. The third kappa shape index (κ3) is 3.45. The Hall–Kier alpha value is -2.95. The summed E-state index contributed by atoms with van der Waals surface area (Å²) in [4.78, 5) is 12.0. The van der Waals surface area contributed by atoms with E-state index in [1.807, 2.05) is 12.1 Å². The number of hydrogen-bond acceptors (Lipinski definition) is 2. The molecule has 5 heteroatoms. The lowest BCUT2D eigenvalue weighted by atomic mass is 10.1. The first kappa shape index (κ1) is 16.9. The highest BCUT2D eigenvalue weighted by Crippen LogP contribution is 2.24. The van der Waals surface area contributed by atoms with Crippen LogP contribution >= 0.6 is 0 Å². The van der Waals surface area contributed by atoms with E-state index < -0.39 is 0 Å². The van der Waals surface area contributed by atoms with Gasteiger partial charge in [0.1, 0.15) is 5.82 Å². The molecule has 0 spiro atoms. The Morgan fingerprint density at radius 1 is 1.20 bits per heavy atom. The molecule has 3 aromatic rings. The molecule has 3 rings (SSSR count). The van der Waals surface area contributed by atoms with E-state index >= 15 is 0 Å². The Bertz CT molecular complexity index is 926. The largest absolute Gasteiger partial charge is 0.344 e. The van der Waals surface area contributed by atoms with Crippen LogP contribution < -0.4 is 5.43 Å². The predicted octanol–water partition coefficient (Wildman–Crippen LogP) is 4.26. The molecule has 1 heterocycles. The molecular formula is C20H20FN3O. The summed E-state index contributed by atoms with van der Waals surface area (Å²) in [6.07, 6.45) is 2.71. The molecule has 1 N–H and O–H groups in total. The average molecular weight is 337 g/mol. The Labute approximate surface area is 146 Å². The van der Waals surface area contributed by atoms with E-state index in [4.69, 9.17) is 0 Å². The van der Waals surface area contributed by atoms with Gasteiger partial charge in [0.05, 0.1) is 6.21 Å². The van der Waals surface area contributed by atoms with Crippen molar-refractivity contribution in [2.24, 2.45) is 5.10 Å². The van der Waals surface area contributed by atoms with Gasteiger partial charge in [-0.15, -0.1) is 0 Å². The number of nitrogens with zero attached hydrogens (tertiary/aromatic N) is 2. The van der Waals surface area contributed by atoms with E-state index in [0.29, 0.717) is 5.56 Å². The topological polar surface area (TPSA) is 46.4 Å². The number of para-hydroxylation sites is 1. The standard InChI is InChI=1S/C20H20FN3O/c1-3-12-24-14(2)18(17-6-4-5-7-19(17)24)13-22-23-20(25)15-8-10-16(21)11-9-15/h4-11,13H,3,12H2,1-2H3,(H,23,25)/b22-13-. The van der Waals surface area contributed by atoms with Crippen LogP contribution in [0.5, 0.6) is 0 Å². The van der Waals surface area contributed by atoms with Gasteiger partial charge in [0.15, 0.2) is 0 Å². The summed E-state index contributed by atoms with van der Waals surface area (Å²) in [5, 5.41) is 5.20. The van der Waals surface area contributed by atoms with Crippen molar-refractivity contribution in [1.82, 2.24) is 9.99 Å². The number of hydrogen-bond donors (Lipinski definition) is 1. The summed E-state index contributed by atoms with van der Waals surface area (Å²) >= 11 is 0. The van der Waals surface area contributed by atoms with E-state index in [-0.39, 0.29) is 11.7 Å². The molecule has 0 radical (unpaired) electrons. The highest BCUT2D eigenvalue weighted by molar-refractivity contribution is 6.02. The quantitative estimate of drug-likeness (QED) is 0.549. The molecule has 1 amide bonds. The number of amides is 1. The van der Waals surface area contributed by atoms with Gasteiger partial charge in [-0.05, 0) is 43.7 Å². The van der Waals surface area contributed by atoms with Gasteiger partial charge >= 0.3 is 0 Å². The molecule has 2 aromatic carbocycles. The van der Waals surface area contributed by atoms with Gasteiger partial charge in [-0.25, -0.2) is 9.82 Å². The second-order valence-corrected chi connectivity index (χ2v) is 5.87. The minimum Gasteiger partial charge on any atom is -0.344 e. The number of aromatic nitrogens is 1. The molecule has 0 fully saturated rings. The first-order valence-electron chi connectivity index (χ1n) is 8.28. The van der Waals surface area contributed by atoms with Crippen LogP contribution in [0.4, 0.5) is 4.39 Å². The van der Waals surface area contributed by atoms with Crippen LogP contribution in [0, 0.1) is 12.7 Å². The molecule has 0 saturated carbocycles. The maximum atomic E-state index is 12.9. The molecule has 0 bridgehead atoms. The Morgan fingerprint density at radius 2 is 1.92 bits per heavy atom. The molecule has 0 saturated heterocycles. The van der Waals surface area contributed by atoms with Gasteiger partial charge in [-0.1, -0.05) is 25.1 Å². The van der Waals surface area contributed by atoms with Crippen LogP contribution in [0.2, 0.25) is 0 Å².